The van der Waals surface area contributed by atoms with E-state index in [1.165, 1.54) is 0 Å². The van der Waals surface area contributed by atoms with Gasteiger partial charge in [-0.2, -0.15) is 0 Å². The van der Waals surface area contributed by atoms with Gasteiger partial charge in [-0.1, -0.05) is 13.3 Å². The molecule has 1 aliphatic rings. The average Bonchev–Trinajstić information content (AvgIpc) is 2.46. The molecule has 1 fully saturated rings. The quantitative estimate of drug-likeness (QED) is 0.617. The molecule has 1 amide bonds. The van der Waals surface area contributed by atoms with Crippen LogP contribution in [0.1, 0.15) is 39.0 Å². The van der Waals surface area contributed by atoms with Gasteiger partial charge in [-0.25, -0.2) is 0 Å². The van der Waals surface area contributed by atoms with E-state index in [1.54, 1.807) is 7.11 Å². The number of carbonyl (C=O) groups is 1. The van der Waals surface area contributed by atoms with Gasteiger partial charge in [-0.3, -0.25) is 4.79 Å². The number of hydrogen-bond donors (Lipinski definition) is 2. The fourth-order valence-corrected chi connectivity index (χ4v) is 2.24. The Bertz CT molecular complexity index is 253. The summed E-state index contributed by atoms with van der Waals surface area (Å²) in [5.74, 6) is 0.0186. The molecule has 0 aromatic rings. The first-order valence-electron chi connectivity index (χ1n) is 7.37. The SMILES string of the molecule is CCCCOCCCNC(=O)C1(OC)CCNCC1. The molecular formula is C14H28N2O3. The molecule has 1 heterocycles. The Morgan fingerprint density at radius 3 is 2.58 bits per heavy atom. The molecule has 0 radical (unpaired) electrons. The van der Waals surface area contributed by atoms with E-state index >= 15 is 0 Å². The molecule has 0 aromatic carbocycles. The van der Waals surface area contributed by atoms with Gasteiger partial charge in [0.25, 0.3) is 5.91 Å². The third kappa shape index (κ3) is 5.47. The second-order valence-corrected chi connectivity index (χ2v) is 5.02. The van der Waals surface area contributed by atoms with Crippen LogP contribution in [-0.4, -0.2) is 51.5 Å². The maximum absolute atomic E-state index is 12.2. The molecule has 0 atom stereocenters. The van der Waals surface area contributed by atoms with Crippen LogP contribution in [0.2, 0.25) is 0 Å². The Morgan fingerprint density at radius 2 is 1.95 bits per heavy atom. The highest BCUT2D eigenvalue weighted by molar-refractivity contribution is 5.85. The standard InChI is InChI=1S/C14H28N2O3/c1-3-4-11-19-12-5-8-16-13(17)14(18-2)6-9-15-10-7-14/h15H,3-12H2,1-2H3,(H,16,17). The Morgan fingerprint density at radius 1 is 1.26 bits per heavy atom. The summed E-state index contributed by atoms with van der Waals surface area (Å²) in [4.78, 5) is 12.2. The highest BCUT2D eigenvalue weighted by atomic mass is 16.5. The number of rotatable bonds is 9. The zero-order valence-corrected chi connectivity index (χ0v) is 12.3. The van der Waals surface area contributed by atoms with E-state index in [2.05, 4.69) is 17.6 Å². The molecule has 2 N–H and O–H groups in total. The maximum atomic E-state index is 12.2. The van der Waals surface area contributed by atoms with Crippen LogP contribution in [-0.2, 0) is 14.3 Å². The molecule has 0 unspecified atom stereocenters. The molecule has 0 spiro atoms. The highest BCUT2D eigenvalue weighted by Crippen LogP contribution is 2.22. The van der Waals surface area contributed by atoms with Crippen LogP contribution in [0.5, 0.6) is 0 Å². The Kier molecular flexibility index (Phi) is 8.02. The minimum Gasteiger partial charge on any atom is -0.381 e. The first kappa shape index (κ1) is 16.4. The average molecular weight is 272 g/mol. The van der Waals surface area contributed by atoms with Crippen LogP contribution in [0.25, 0.3) is 0 Å². The van der Waals surface area contributed by atoms with E-state index in [1.807, 2.05) is 0 Å². The summed E-state index contributed by atoms with van der Waals surface area (Å²) in [6.45, 7) is 6.00. The van der Waals surface area contributed by atoms with E-state index in [0.29, 0.717) is 13.2 Å². The predicted molar refractivity (Wildman–Crippen MR) is 75.2 cm³/mol. The molecular weight excluding hydrogens is 244 g/mol. The highest BCUT2D eigenvalue weighted by Gasteiger charge is 2.39. The van der Waals surface area contributed by atoms with Crippen LogP contribution in [0.4, 0.5) is 0 Å². The number of amides is 1. The molecule has 0 aromatic heterocycles. The van der Waals surface area contributed by atoms with E-state index in [9.17, 15) is 4.79 Å². The fourth-order valence-electron chi connectivity index (χ4n) is 2.24. The molecule has 5 nitrogen and oxygen atoms in total. The van der Waals surface area contributed by atoms with Crippen molar-refractivity contribution in [2.24, 2.45) is 0 Å². The molecule has 1 aliphatic heterocycles. The lowest BCUT2D eigenvalue weighted by atomic mass is 9.91. The topological polar surface area (TPSA) is 59.6 Å². The van der Waals surface area contributed by atoms with Crippen LogP contribution < -0.4 is 10.6 Å². The summed E-state index contributed by atoms with van der Waals surface area (Å²) in [6, 6.07) is 0. The van der Waals surface area contributed by atoms with Crippen molar-refractivity contribution in [3.8, 4) is 0 Å². The third-order valence-corrected chi connectivity index (χ3v) is 3.61. The second-order valence-electron chi connectivity index (χ2n) is 5.02. The van der Waals surface area contributed by atoms with Gasteiger partial charge >= 0.3 is 0 Å². The van der Waals surface area contributed by atoms with Crippen LogP contribution in [0.15, 0.2) is 0 Å². The molecule has 1 rings (SSSR count). The summed E-state index contributed by atoms with van der Waals surface area (Å²) in [5, 5.41) is 6.21. The molecule has 0 aliphatic carbocycles. The smallest absolute Gasteiger partial charge is 0.252 e. The third-order valence-electron chi connectivity index (χ3n) is 3.61. The lowest BCUT2D eigenvalue weighted by Gasteiger charge is -2.34. The lowest BCUT2D eigenvalue weighted by molar-refractivity contribution is -0.146. The molecule has 112 valence electrons. The van der Waals surface area contributed by atoms with Crippen molar-refractivity contribution in [2.45, 2.75) is 44.6 Å². The minimum atomic E-state index is -0.631. The van der Waals surface area contributed by atoms with Crippen molar-refractivity contribution in [1.82, 2.24) is 10.6 Å². The first-order valence-corrected chi connectivity index (χ1v) is 7.37. The number of piperidine rings is 1. The summed E-state index contributed by atoms with van der Waals surface area (Å²) in [6.07, 6.45) is 4.59. The van der Waals surface area contributed by atoms with Crippen molar-refractivity contribution in [1.29, 1.82) is 0 Å². The van der Waals surface area contributed by atoms with Gasteiger partial charge in [0, 0.05) is 26.9 Å². The van der Waals surface area contributed by atoms with Gasteiger partial charge in [0.2, 0.25) is 0 Å². The summed E-state index contributed by atoms with van der Waals surface area (Å²) >= 11 is 0. The minimum absolute atomic E-state index is 0.0186. The van der Waals surface area contributed by atoms with Crippen molar-refractivity contribution in [3.63, 3.8) is 0 Å². The fraction of sp³-hybridized carbons (Fsp3) is 0.929. The van der Waals surface area contributed by atoms with Gasteiger partial charge < -0.3 is 20.1 Å². The maximum Gasteiger partial charge on any atom is 0.252 e. The molecule has 5 heteroatoms. The van der Waals surface area contributed by atoms with Gasteiger partial charge in [0.05, 0.1) is 0 Å². The number of carbonyl (C=O) groups excluding carboxylic acids is 1. The van der Waals surface area contributed by atoms with Crippen molar-refractivity contribution >= 4 is 5.91 Å². The number of unbranched alkanes of at least 4 members (excludes halogenated alkanes) is 1. The molecule has 0 bridgehead atoms. The number of ether oxygens (including phenoxy) is 2. The van der Waals surface area contributed by atoms with Gasteiger partial charge in [-0.15, -0.1) is 0 Å². The van der Waals surface area contributed by atoms with Gasteiger partial charge in [0.1, 0.15) is 5.60 Å². The summed E-state index contributed by atoms with van der Waals surface area (Å²) in [5.41, 5.74) is -0.631. The van der Waals surface area contributed by atoms with E-state index in [4.69, 9.17) is 9.47 Å². The number of methoxy groups -OCH3 is 1. The summed E-state index contributed by atoms with van der Waals surface area (Å²) in [7, 11) is 1.62. The van der Waals surface area contributed by atoms with Gasteiger partial charge in [0.15, 0.2) is 0 Å². The molecule has 19 heavy (non-hydrogen) atoms. The second kappa shape index (κ2) is 9.28. The van der Waals surface area contributed by atoms with Crippen LogP contribution in [0, 0.1) is 0 Å². The normalized spacial score (nSPS) is 18.2. The van der Waals surface area contributed by atoms with Crippen LogP contribution in [0.3, 0.4) is 0 Å². The zero-order chi connectivity index (χ0) is 14.0. The lowest BCUT2D eigenvalue weighted by Crippen LogP contribution is -2.54. The Hall–Kier alpha value is -0.650. The largest absolute Gasteiger partial charge is 0.381 e. The number of hydrogen-bond acceptors (Lipinski definition) is 4. The van der Waals surface area contributed by atoms with Crippen LogP contribution >= 0.6 is 0 Å². The van der Waals surface area contributed by atoms with Crippen molar-refractivity contribution in [3.05, 3.63) is 0 Å². The Balaban J connectivity index is 2.15. The van der Waals surface area contributed by atoms with E-state index < -0.39 is 5.60 Å². The van der Waals surface area contributed by atoms with E-state index in [-0.39, 0.29) is 5.91 Å². The molecule has 0 saturated carbocycles. The van der Waals surface area contributed by atoms with Crippen molar-refractivity contribution < 1.29 is 14.3 Å². The van der Waals surface area contributed by atoms with Gasteiger partial charge in [-0.05, 0) is 38.8 Å². The first-order chi connectivity index (χ1) is 9.25. The van der Waals surface area contributed by atoms with E-state index in [0.717, 1.165) is 51.8 Å². The Labute approximate surface area is 116 Å². The molecule has 1 saturated heterocycles. The monoisotopic (exact) mass is 272 g/mol. The van der Waals surface area contributed by atoms with Crippen molar-refractivity contribution in [2.75, 3.05) is 40.0 Å². The summed E-state index contributed by atoms with van der Waals surface area (Å²) < 4.78 is 10.9. The zero-order valence-electron chi connectivity index (χ0n) is 12.3. The predicted octanol–water partition coefficient (Wildman–Crippen LogP) is 1.08. The number of nitrogens with one attached hydrogen (secondary N) is 2.